The lowest BCUT2D eigenvalue weighted by molar-refractivity contribution is -0.120. The van der Waals surface area contributed by atoms with Crippen molar-refractivity contribution >= 4 is 5.91 Å². The molecule has 0 radical (unpaired) electrons. The van der Waals surface area contributed by atoms with Gasteiger partial charge in [-0.2, -0.15) is 0 Å². The summed E-state index contributed by atoms with van der Waals surface area (Å²) < 4.78 is 5.54. The Kier molecular flexibility index (Phi) is 5.09. The Bertz CT molecular complexity index is 619. The normalized spacial score (nSPS) is 16.7. The highest BCUT2D eigenvalue weighted by Gasteiger charge is 2.34. The molecule has 2 aromatic rings. The van der Waals surface area contributed by atoms with Gasteiger partial charge >= 0.3 is 0 Å². The number of hydrogen-bond acceptors (Lipinski definition) is 2. The maximum atomic E-state index is 12.3. The Labute approximate surface area is 137 Å². The molecule has 1 aliphatic rings. The molecule has 3 nitrogen and oxygen atoms in total. The number of amides is 1. The highest BCUT2D eigenvalue weighted by atomic mass is 16.5. The van der Waals surface area contributed by atoms with Crippen molar-refractivity contribution in [3.63, 3.8) is 0 Å². The van der Waals surface area contributed by atoms with E-state index in [0.717, 1.165) is 31.6 Å². The van der Waals surface area contributed by atoms with Crippen LogP contribution in [-0.4, -0.2) is 25.7 Å². The van der Waals surface area contributed by atoms with Gasteiger partial charge in [-0.25, -0.2) is 0 Å². The van der Waals surface area contributed by atoms with E-state index in [0.29, 0.717) is 13.0 Å². The Morgan fingerprint density at radius 2 is 1.57 bits per heavy atom. The third kappa shape index (κ3) is 3.99. The van der Waals surface area contributed by atoms with Gasteiger partial charge in [0, 0.05) is 25.2 Å². The molecule has 23 heavy (non-hydrogen) atoms. The van der Waals surface area contributed by atoms with E-state index in [1.807, 2.05) is 36.4 Å². The van der Waals surface area contributed by atoms with Crippen molar-refractivity contribution in [3.05, 3.63) is 71.8 Å². The van der Waals surface area contributed by atoms with Gasteiger partial charge in [-0.1, -0.05) is 60.7 Å². The summed E-state index contributed by atoms with van der Waals surface area (Å²) in [4.78, 5) is 12.3. The first kappa shape index (κ1) is 15.8. The zero-order valence-corrected chi connectivity index (χ0v) is 13.3. The van der Waals surface area contributed by atoms with Gasteiger partial charge in [-0.3, -0.25) is 4.79 Å². The van der Waals surface area contributed by atoms with Crippen molar-refractivity contribution < 1.29 is 9.53 Å². The minimum absolute atomic E-state index is 0.00808. The van der Waals surface area contributed by atoms with Gasteiger partial charge in [0.15, 0.2) is 0 Å². The second-order valence-corrected chi connectivity index (χ2v) is 6.20. The number of carbonyl (C=O) groups excluding carboxylic acids is 1. The van der Waals surface area contributed by atoms with E-state index in [-0.39, 0.29) is 11.3 Å². The topological polar surface area (TPSA) is 38.3 Å². The van der Waals surface area contributed by atoms with Crippen LogP contribution in [0.5, 0.6) is 0 Å². The number of nitrogens with one attached hydrogen (secondary N) is 1. The molecule has 1 heterocycles. The van der Waals surface area contributed by atoms with Gasteiger partial charge in [-0.15, -0.1) is 0 Å². The largest absolute Gasteiger partial charge is 0.381 e. The van der Waals surface area contributed by atoms with Crippen LogP contribution in [0.1, 0.15) is 24.0 Å². The van der Waals surface area contributed by atoms with Crippen molar-refractivity contribution in [2.24, 2.45) is 0 Å². The summed E-state index contributed by atoms with van der Waals surface area (Å²) in [6.45, 7) is 2.18. The van der Waals surface area contributed by atoms with E-state index < -0.39 is 0 Å². The Hall–Kier alpha value is -2.13. The second kappa shape index (κ2) is 7.42. The van der Waals surface area contributed by atoms with Crippen LogP contribution in [0.4, 0.5) is 0 Å². The molecule has 1 N–H and O–H groups in total. The summed E-state index contributed by atoms with van der Waals surface area (Å²) in [5.41, 5.74) is 2.33. The third-order valence-corrected chi connectivity index (χ3v) is 4.67. The zero-order valence-electron chi connectivity index (χ0n) is 13.3. The number of rotatable bonds is 5. The maximum Gasteiger partial charge on any atom is 0.224 e. The summed E-state index contributed by atoms with van der Waals surface area (Å²) >= 11 is 0. The van der Waals surface area contributed by atoms with Gasteiger partial charge in [0.1, 0.15) is 0 Å². The predicted octanol–water partition coefficient (Wildman–Crippen LogP) is 3.09. The SMILES string of the molecule is O=C(Cc1ccccc1)NCC1(c2ccccc2)CCOCC1. The van der Waals surface area contributed by atoms with E-state index in [9.17, 15) is 4.79 Å². The number of benzene rings is 2. The number of hydrogen-bond donors (Lipinski definition) is 1. The summed E-state index contributed by atoms with van der Waals surface area (Å²) in [5.74, 6) is 0.0815. The molecule has 1 amide bonds. The Morgan fingerprint density at radius 1 is 0.957 bits per heavy atom. The van der Waals surface area contributed by atoms with Crippen LogP contribution in [0.15, 0.2) is 60.7 Å². The van der Waals surface area contributed by atoms with Crippen LogP contribution in [0.2, 0.25) is 0 Å². The Balaban J connectivity index is 1.66. The number of carbonyl (C=O) groups is 1. The summed E-state index contributed by atoms with van der Waals surface area (Å²) in [6.07, 6.45) is 2.33. The van der Waals surface area contributed by atoms with Gasteiger partial charge in [0.2, 0.25) is 5.91 Å². The zero-order chi connectivity index (χ0) is 16.0. The number of ether oxygens (including phenoxy) is 1. The molecule has 0 bridgehead atoms. The quantitative estimate of drug-likeness (QED) is 0.921. The van der Waals surface area contributed by atoms with Crippen LogP contribution in [-0.2, 0) is 21.4 Å². The van der Waals surface area contributed by atoms with Crippen molar-refractivity contribution in [1.29, 1.82) is 0 Å². The summed E-state index contributed by atoms with van der Waals surface area (Å²) in [6, 6.07) is 20.4. The van der Waals surface area contributed by atoms with E-state index in [4.69, 9.17) is 4.74 Å². The predicted molar refractivity (Wildman–Crippen MR) is 91.3 cm³/mol. The van der Waals surface area contributed by atoms with Crippen molar-refractivity contribution in [3.8, 4) is 0 Å². The molecule has 2 aromatic carbocycles. The van der Waals surface area contributed by atoms with Gasteiger partial charge < -0.3 is 10.1 Å². The molecule has 1 fully saturated rings. The van der Waals surface area contributed by atoms with Crippen LogP contribution in [0.3, 0.4) is 0 Å². The van der Waals surface area contributed by atoms with E-state index in [2.05, 4.69) is 29.6 Å². The minimum Gasteiger partial charge on any atom is -0.381 e. The molecular weight excluding hydrogens is 286 g/mol. The van der Waals surface area contributed by atoms with Gasteiger partial charge in [0.25, 0.3) is 0 Å². The molecule has 1 aliphatic heterocycles. The average Bonchev–Trinajstić information content (AvgIpc) is 2.62. The molecule has 0 aromatic heterocycles. The molecule has 0 unspecified atom stereocenters. The second-order valence-electron chi connectivity index (χ2n) is 6.20. The van der Waals surface area contributed by atoms with Crippen molar-refractivity contribution in [1.82, 2.24) is 5.32 Å². The standard InChI is InChI=1S/C20H23NO2/c22-19(15-17-7-3-1-4-8-17)21-16-20(11-13-23-14-12-20)18-9-5-2-6-10-18/h1-10H,11-16H2,(H,21,22). The first-order chi connectivity index (χ1) is 11.3. The first-order valence-corrected chi connectivity index (χ1v) is 8.22. The molecule has 0 aliphatic carbocycles. The molecule has 0 spiro atoms. The fourth-order valence-electron chi connectivity index (χ4n) is 3.23. The first-order valence-electron chi connectivity index (χ1n) is 8.22. The van der Waals surface area contributed by atoms with Crippen LogP contribution >= 0.6 is 0 Å². The van der Waals surface area contributed by atoms with E-state index in [1.54, 1.807) is 0 Å². The van der Waals surface area contributed by atoms with E-state index in [1.165, 1.54) is 5.56 Å². The van der Waals surface area contributed by atoms with Gasteiger partial charge in [-0.05, 0) is 24.0 Å². The fraction of sp³-hybridized carbons (Fsp3) is 0.350. The lowest BCUT2D eigenvalue weighted by atomic mass is 9.74. The molecule has 0 saturated carbocycles. The van der Waals surface area contributed by atoms with E-state index >= 15 is 0 Å². The van der Waals surface area contributed by atoms with Crippen LogP contribution in [0, 0.1) is 0 Å². The monoisotopic (exact) mass is 309 g/mol. The lowest BCUT2D eigenvalue weighted by Gasteiger charge is -2.38. The van der Waals surface area contributed by atoms with Gasteiger partial charge in [0.05, 0.1) is 6.42 Å². The summed E-state index contributed by atoms with van der Waals surface area (Å²) in [7, 11) is 0. The minimum atomic E-state index is -0.00808. The van der Waals surface area contributed by atoms with Crippen molar-refractivity contribution in [2.45, 2.75) is 24.7 Å². The highest BCUT2D eigenvalue weighted by molar-refractivity contribution is 5.78. The fourth-order valence-corrected chi connectivity index (χ4v) is 3.23. The molecule has 3 heteroatoms. The third-order valence-electron chi connectivity index (χ3n) is 4.67. The lowest BCUT2D eigenvalue weighted by Crippen LogP contribution is -2.45. The molecule has 0 atom stereocenters. The smallest absolute Gasteiger partial charge is 0.224 e. The Morgan fingerprint density at radius 3 is 2.22 bits per heavy atom. The maximum absolute atomic E-state index is 12.3. The average molecular weight is 309 g/mol. The van der Waals surface area contributed by atoms with Crippen LogP contribution < -0.4 is 5.32 Å². The molecule has 1 saturated heterocycles. The van der Waals surface area contributed by atoms with Crippen LogP contribution in [0.25, 0.3) is 0 Å². The van der Waals surface area contributed by atoms with Crippen molar-refractivity contribution in [2.75, 3.05) is 19.8 Å². The molecule has 120 valence electrons. The summed E-state index contributed by atoms with van der Waals surface area (Å²) in [5, 5.41) is 3.15. The molecular formula is C20H23NO2. The highest BCUT2D eigenvalue weighted by Crippen LogP contribution is 2.34. The molecule has 3 rings (SSSR count).